The maximum Gasteiger partial charge on any atom is 0.389 e. The van der Waals surface area contributed by atoms with E-state index in [4.69, 9.17) is 0 Å². The van der Waals surface area contributed by atoms with Crippen molar-refractivity contribution in [3.05, 3.63) is 38.7 Å². The van der Waals surface area contributed by atoms with Gasteiger partial charge in [-0.3, -0.25) is 9.48 Å². The van der Waals surface area contributed by atoms with E-state index in [2.05, 4.69) is 31.4 Å². The Bertz CT molecular complexity index is 661. The molecule has 0 aliphatic rings. The van der Waals surface area contributed by atoms with Crippen LogP contribution in [0.25, 0.3) is 0 Å². The van der Waals surface area contributed by atoms with Crippen LogP contribution in [0.15, 0.2) is 22.9 Å². The summed E-state index contributed by atoms with van der Waals surface area (Å²) in [6.07, 6.45) is 4.03. The van der Waals surface area contributed by atoms with Crippen LogP contribution in [0, 0.1) is 17.0 Å². The Kier molecular flexibility index (Phi) is 5.26. The van der Waals surface area contributed by atoms with E-state index in [1.165, 1.54) is 16.9 Å². The van der Waals surface area contributed by atoms with Gasteiger partial charge in [0.25, 0.3) is 0 Å². The van der Waals surface area contributed by atoms with Gasteiger partial charge in [-0.25, -0.2) is 0 Å². The van der Waals surface area contributed by atoms with Gasteiger partial charge in [-0.1, -0.05) is 0 Å². The van der Waals surface area contributed by atoms with Crippen molar-refractivity contribution < 1.29 is 9.72 Å². The molecule has 0 bridgehead atoms. The van der Waals surface area contributed by atoms with Crippen molar-refractivity contribution in [2.24, 2.45) is 0 Å². The molecule has 2 aromatic heterocycles. The average molecular weight is 371 g/mol. The molecule has 118 valence electrons. The molecule has 1 N–H and O–H groups in total. The fourth-order valence-corrected chi connectivity index (χ4v) is 2.13. The molecular formula is C12H15BrN6O3. The Labute approximate surface area is 134 Å². The Hall–Kier alpha value is -2.23. The second-order valence-electron chi connectivity index (χ2n) is 4.66. The van der Waals surface area contributed by atoms with E-state index < -0.39 is 4.92 Å². The van der Waals surface area contributed by atoms with Crippen LogP contribution in [0.4, 0.5) is 5.82 Å². The van der Waals surface area contributed by atoms with Crippen molar-refractivity contribution >= 4 is 27.7 Å². The molecule has 0 aliphatic heterocycles. The predicted octanol–water partition coefficient (Wildman–Crippen LogP) is 1.27. The van der Waals surface area contributed by atoms with Crippen molar-refractivity contribution in [3.8, 4) is 0 Å². The van der Waals surface area contributed by atoms with Crippen molar-refractivity contribution in [2.45, 2.75) is 26.4 Å². The van der Waals surface area contributed by atoms with Crippen molar-refractivity contribution in [3.63, 3.8) is 0 Å². The first-order valence-corrected chi connectivity index (χ1v) is 7.39. The van der Waals surface area contributed by atoms with Crippen LogP contribution < -0.4 is 5.32 Å². The van der Waals surface area contributed by atoms with Crippen LogP contribution >= 0.6 is 15.9 Å². The first-order chi connectivity index (χ1) is 10.5. The molecule has 0 unspecified atom stereocenters. The van der Waals surface area contributed by atoms with Gasteiger partial charge >= 0.3 is 5.82 Å². The molecule has 0 aliphatic carbocycles. The lowest BCUT2D eigenvalue weighted by molar-refractivity contribution is -0.389. The molecule has 1 amide bonds. The number of halogens is 1. The van der Waals surface area contributed by atoms with Gasteiger partial charge in [0.1, 0.15) is 6.54 Å². The normalized spacial score (nSPS) is 10.6. The fourth-order valence-electron chi connectivity index (χ4n) is 1.82. The van der Waals surface area contributed by atoms with Gasteiger partial charge in [-0.15, -0.1) is 0 Å². The highest BCUT2D eigenvalue weighted by atomic mass is 79.9. The van der Waals surface area contributed by atoms with Gasteiger partial charge in [-0.2, -0.15) is 9.78 Å². The smallest absolute Gasteiger partial charge is 0.358 e. The van der Waals surface area contributed by atoms with E-state index >= 15 is 0 Å². The number of nitro groups is 1. The van der Waals surface area contributed by atoms with Crippen LogP contribution in [0.5, 0.6) is 0 Å². The second kappa shape index (κ2) is 7.16. The van der Waals surface area contributed by atoms with Crippen LogP contribution in [0.1, 0.15) is 12.1 Å². The molecule has 0 saturated heterocycles. The van der Waals surface area contributed by atoms with E-state index in [0.29, 0.717) is 13.1 Å². The highest BCUT2D eigenvalue weighted by Crippen LogP contribution is 2.13. The maximum atomic E-state index is 11.7. The Morgan fingerprint density at radius 2 is 2.23 bits per heavy atom. The summed E-state index contributed by atoms with van der Waals surface area (Å²) in [5.41, 5.74) is 0.921. The lowest BCUT2D eigenvalue weighted by Crippen LogP contribution is -2.29. The molecule has 0 spiro atoms. The standard InChI is InChI=1S/C12H15BrN6O3/c1-9-10(13)7-17(15-9)5-2-4-14-12(20)8-18-6-3-11(16-18)19(21)22/h3,6-7H,2,4-5,8H2,1H3,(H,14,20). The van der Waals surface area contributed by atoms with Crippen molar-refractivity contribution in [1.82, 2.24) is 24.9 Å². The molecule has 0 fully saturated rings. The molecule has 0 saturated carbocycles. The third kappa shape index (κ3) is 4.38. The lowest BCUT2D eigenvalue weighted by Gasteiger charge is -2.04. The number of carbonyl (C=O) groups is 1. The molecular weight excluding hydrogens is 356 g/mol. The molecule has 0 atom stereocenters. The highest BCUT2D eigenvalue weighted by molar-refractivity contribution is 9.10. The minimum atomic E-state index is -0.599. The first-order valence-electron chi connectivity index (χ1n) is 6.60. The Morgan fingerprint density at radius 3 is 2.82 bits per heavy atom. The summed E-state index contributed by atoms with van der Waals surface area (Å²) in [7, 11) is 0. The van der Waals surface area contributed by atoms with E-state index in [9.17, 15) is 14.9 Å². The van der Waals surface area contributed by atoms with Gasteiger partial charge in [0.15, 0.2) is 0 Å². The predicted molar refractivity (Wildman–Crippen MR) is 81.2 cm³/mol. The third-order valence-electron chi connectivity index (χ3n) is 2.89. The summed E-state index contributed by atoms with van der Waals surface area (Å²) in [6, 6.07) is 1.26. The highest BCUT2D eigenvalue weighted by Gasteiger charge is 2.13. The molecule has 9 nitrogen and oxygen atoms in total. The fraction of sp³-hybridized carbons (Fsp3) is 0.417. The van der Waals surface area contributed by atoms with Gasteiger partial charge in [0.05, 0.1) is 27.5 Å². The van der Waals surface area contributed by atoms with E-state index in [0.717, 1.165) is 16.6 Å². The molecule has 0 radical (unpaired) electrons. The van der Waals surface area contributed by atoms with Gasteiger partial charge < -0.3 is 15.4 Å². The third-order valence-corrected chi connectivity index (χ3v) is 3.67. The number of hydrogen-bond acceptors (Lipinski definition) is 5. The monoisotopic (exact) mass is 370 g/mol. The zero-order valence-corrected chi connectivity index (χ0v) is 13.5. The topological polar surface area (TPSA) is 108 Å². The van der Waals surface area contributed by atoms with Gasteiger partial charge in [-0.05, 0) is 34.2 Å². The molecule has 2 heterocycles. The minimum absolute atomic E-state index is 0.0414. The van der Waals surface area contributed by atoms with Gasteiger partial charge in [0.2, 0.25) is 5.91 Å². The van der Waals surface area contributed by atoms with Crippen molar-refractivity contribution in [1.29, 1.82) is 0 Å². The number of rotatable bonds is 7. The quantitative estimate of drug-likeness (QED) is 0.448. The number of nitrogens with zero attached hydrogens (tertiary/aromatic N) is 5. The zero-order chi connectivity index (χ0) is 16.1. The summed E-state index contributed by atoms with van der Waals surface area (Å²) >= 11 is 3.39. The maximum absolute atomic E-state index is 11.7. The summed E-state index contributed by atoms with van der Waals surface area (Å²) in [5, 5.41) is 21.2. The van der Waals surface area contributed by atoms with Crippen molar-refractivity contribution in [2.75, 3.05) is 6.54 Å². The summed E-state index contributed by atoms with van der Waals surface area (Å²) in [5.74, 6) is -0.511. The van der Waals surface area contributed by atoms with Crippen LogP contribution in [-0.4, -0.2) is 36.9 Å². The summed E-state index contributed by atoms with van der Waals surface area (Å²) in [4.78, 5) is 21.6. The first kappa shape index (κ1) is 16.1. The number of hydrogen-bond donors (Lipinski definition) is 1. The van der Waals surface area contributed by atoms with Crippen LogP contribution in [0.3, 0.4) is 0 Å². The number of amides is 1. The van der Waals surface area contributed by atoms with Crippen LogP contribution in [-0.2, 0) is 17.9 Å². The summed E-state index contributed by atoms with van der Waals surface area (Å²) < 4.78 is 4.00. The molecule has 10 heteroatoms. The number of aryl methyl sites for hydroxylation is 2. The molecule has 2 rings (SSSR count). The summed E-state index contributed by atoms with van der Waals surface area (Å²) in [6.45, 7) is 3.06. The number of aromatic nitrogens is 4. The second-order valence-corrected chi connectivity index (χ2v) is 5.51. The Morgan fingerprint density at radius 1 is 1.45 bits per heavy atom. The van der Waals surface area contributed by atoms with E-state index in [-0.39, 0.29) is 18.3 Å². The molecule has 0 aromatic carbocycles. The molecule has 22 heavy (non-hydrogen) atoms. The molecule has 2 aromatic rings. The van der Waals surface area contributed by atoms with Gasteiger partial charge in [0, 0.05) is 19.3 Å². The van der Waals surface area contributed by atoms with E-state index in [1.54, 1.807) is 0 Å². The zero-order valence-electron chi connectivity index (χ0n) is 11.9. The average Bonchev–Trinajstić information content (AvgIpc) is 3.03. The van der Waals surface area contributed by atoms with E-state index in [1.807, 2.05) is 17.8 Å². The Balaban J connectivity index is 1.70. The SMILES string of the molecule is Cc1nn(CCCNC(=O)Cn2ccc([N+](=O)[O-])n2)cc1Br. The minimum Gasteiger partial charge on any atom is -0.358 e. The largest absolute Gasteiger partial charge is 0.389 e. The van der Waals surface area contributed by atoms with Crippen LogP contribution in [0.2, 0.25) is 0 Å². The number of nitrogens with one attached hydrogen (secondary N) is 1. The lowest BCUT2D eigenvalue weighted by atomic mass is 10.4. The number of carbonyl (C=O) groups excluding carboxylic acids is 1.